The van der Waals surface area contributed by atoms with Crippen molar-refractivity contribution in [3.05, 3.63) is 0 Å². The number of carboxylic acid groups (broad SMARTS) is 1. The summed E-state index contributed by atoms with van der Waals surface area (Å²) < 4.78 is 31.7. The minimum absolute atomic E-state index is 0.222. The first-order valence-corrected chi connectivity index (χ1v) is 3.74. The Morgan fingerprint density at radius 3 is 1.69 bits per heavy atom. The molecule has 0 unspecified atom stereocenters. The monoisotopic (exact) mass is 199 g/mol. The fraction of sp³-hybridized carbons (Fsp3) is 0.857. The molecule has 1 fully saturated rings. The van der Waals surface area contributed by atoms with Gasteiger partial charge in [-0.1, -0.05) is 0 Å². The zero-order valence-electron chi connectivity index (χ0n) is 7.19. The molecule has 0 aromatic rings. The van der Waals surface area contributed by atoms with Gasteiger partial charge in [-0.15, -0.1) is 0 Å². The molecule has 3 nitrogen and oxygen atoms in total. The molecule has 0 aromatic carbocycles. The van der Waals surface area contributed by atoms with Crippen LogP contribution < -0.4 is 5.73 Å². The van der Waals surface area contributed by atoms with Crippen LogP contribution in [0.15, 0.2) is 0 Å². The summed E-state index contributed by atoms with van der Waals surface area (Å²) in [5.41, 5.74) is 5.84. The molecule has 0 radical (unpaired) electrons. The molecule has 78 valence electrons. The Balaban J connectivity index is 0.000000223. The summed E-state index contributed by atoms with van der Waals surface area (Å²) in [6.45, 7) is 2.11. The number of carbonyl (C=O) groups is 1. The predicted molar refractivity (Wildman–Crippen MR) is 40.1 cm³/mol. The molecule has 13 heavy (non-hydrogen) atoms. The van der Waals surface area contributed by atoms with Crippen molar-refractivity contribution in [2.24, 2.45) is 5.73 Å². The Kier molecular flexibility index (Phi) is 3.71. The molecular weight excluding hydrogens is 187 g/mol. The van der Waals surface area contributed by atoms with E-state index in [-0.39, 0.29) is 5.54 Å². The van der Waals surface area contributed by atoms with Crippen LogP contribution in [0.1, 0.15) is 26.2 Å². The van der Waals surface area contributed by atoms with Crippen LogP contribution in [-0.2, 0) is 4.79 Å². The number of aliphatic carboxylic acids is 1. The molecule has 1 aliphatic carbocycles. The van der Waals surface area contributed by atoms with Crippen molar-refractivity contribution < 1.29 is 23.1 Å². The third-order valence-corrected chi connectivity index (χ3v) is 1.74. The van der Waals surface area contributed by atoms with Gasteiger partial charge in [-0.25, -0.2) is 4.79 Å². The lowest BCUT2D eigenvalue weighted by Gasteiger charge is -2.33. The molecule has 0 spiro atoms. The van der Waals surface area contributed by atoms with E-state index in [0.717, 1.165) is 0 Å². The van der Waals surface area contributed by atoms with E-state index < -0.39 is 12.1 Å². The van der Waals surface area contributed by atoms with E-state index in [1.165, 1.54) is 19.3 Å². The van der Waals surface area contributed by atoms with Crippen LogP contribution in [0.2, 0.25) is 0 Å². The largest absolute Gasteiger partial charge is 0.490 e. The van der Waals surface area contributed by atoms with Gasteiger partial charge in [-0.3, -0.25) is 0 Å². The minimum atomic E-state index is -5.08. The summed E-state index contributed by atoms with van der Waals surface area (Å²) >= 11 is 0. The van der Waals surface area contributed by atoms with Gasteiger partial charge in [-0.2, -0.15) is 13.2 Å². The van der Waals surface area contributed by atoms with Crippen LogP contribution >= 0.6 is 0 Å². The van der Waals surface area contributed by atoms with Crippen molar-refractivity contribution in [3.8, 4) is 0 Å². The van der Waals surface area contributed by atoms with Gasteiger partial charge in [-0.05, 0) is 26.2 Å². The third-order valence-electron chi connectivity index (χ3n) is 1.74. The molecule has 0 amide bonds. The molecule has 1 rings (SSSR count). The fourth-order valence-electron chi connectivity index (χ4n) is 0.734. The summed E-state index contributed by atoms with van der Waals surface area (Å²) in [6, 6.07) is 0. The van der Waals surface area contributed by atoms with E-state index in [0.29, 0.717) is 0 Å². The second kappa shape index (κ2) is 3.95. The Hall–Kier alpha value is -0.780. The summed E-state index contributed by atoms with van der Waals surface area (Å²) in [6.07, 6.45) is -1.28. The molecular formula is C7H12F3NO2. The zero-order chi connectivity index (χ0) is 10.7. The molecule has 0 saturated heterocycles. The highest BCUT2D eigenvalue weighted by molar-refractivity contribution is 5.73. The molecule has 1 saturated carbocycles. The summed E-state index contributed by atoms with van der Waals surface area (Å²) in [5.74, 6) is -2.76. The molecule has 1 aliphatic rings. The normalized spacial score (nSPS) is 19.5. The van der Waals surface area contributed by atoms with Gasteiger partial charge < -0.3 is 10.8 Å². The summed E-state index contributed by atoms with van der Waals surface area (Å²) in [5, 5.41) is 7.12. The SMILES string of the molecule is CC1(N)CCC1.O=C(O)C(F)(F)F. The van der Waals surface area contributed by atoms with Crippen LogP contribution in [0.3, 0.4) is 0 Å². The van der Waals surface area contributed by atoms with Gasteiger partial charge >= 0.3 is 12.1 Å². The van der Waals surface area contributed by atoms with Crippen LogP contribution in [0, 0.1) is 0 Å². The maximum absolute atomic E-state index is 10.6. The highest BCUT2D eigenvalue weighted by Gasteiger charge is 2.38. The Morgan fingerprint density at radius 1 is 1.46 bits per heavy atom. The number of nitrogens with two attached hydrogens (primary N) is 1. The maximum Gasteiger partial charge on any atom is 0.490 e. The van der Waals surface area contributed by atoms with Crippen LogP contribution in [0.4, 0.5) is 13.2 Å². The third kappa shape index (κ3) is 5.46. The first-order chi connectivity index (χ1) is 5.65. The van der Waals surface area contributed by atoms with Gasteiger partial charge in [0.15, 0.2) is 0 Å². The average molecular weight is 199 g/mol. The lowest BCUT2D eigenvalue weighted by molar-refractivity contribution is -0.192. The molecule has 0 aromatic heterocycles. The minimum Gasteiger partial charge on any atom is -0.475 e. The molecule has 6 heteroatoms. The lowest BCUT2D eigenvalue weighted by Crippen LogP contribution is -2.42. The zero-order valence-corrected chi connectivity index (χ0v) is 7.19. The number of carboxylic acids is 1. The molecule has 3 N–H and O–H groups in total. The van der Waals surface area contributed by atoms with E-state index >= 15 is 0 Å². The van der Waals surface area contributed by atoms with Crippen molar-refractivity contribution in [1.29, 1.82) is 0 Å². The second-order valence-electron chi connectivity index (χ2n) is 3.31. The van der Waals surface area contributed by atoms with E-state index in [1.54, 1.807) is 0 Å². The Morgan fingerprint density at radius 2 is 1.69 bits per heavy atom. The first kappa shape index (κ1) is 12.2. The van der Waals surface area contributed by atoms with Gasteiger partial charge in [0.25, 0.3) is 0 Å². The van der Waals surface area contributed by atoms with Gasteiger partial charge in [0.1, 0.15) is 0 Å². The standard InChI is InChI=1S/C5H11N.C2HF3O2/c1-5(6)3-2-4-5;3-2(4,5)1(6)7/h2-4,6H2,1H3;(H,6,7). The second-order valence-corrected chi connectivity index (χ2v) is 3.31. The number of hydrogen-bond donors (Lipinski definition) is 2. The smallest absolute Gasteiger partial charge is 0.475 e. The topological polar surface area (TPSA) is 63.3 Å². The Bertz CT molecular complexity index is 183. The molecule has 0 aliphatic heterocycles. The van der Waals surface area contributed by atoms with Crippen molar-refractivity contribution in [2.75, 3.05) is 0 Å². The van der Waals surface area contributed by atoms with Crippen molar-refractivity contribution in [3.63, 3.8) is 0 Å². The quantitative estimate of drug-likeness (QED) is 0.621. The highest BCUT2D eigenvalue weighted by atomic mass is 19.4. The van der Waals surface area contributed by atoms with E-state index in [4.69, 9.17) is 15.6 Å². The van der Waals surface area contributed by atoms with Gasteiger partial charge in [0, 0.05) is 5.54 Å². The van der Waals surface area contributed by atoms with Crippen LogP contribution in [-0.4, -0.2) is 22.8 Å². The maximum atomic E-state index is 10.6. The van der Waals surface area contributed by atoms with E-state index in [2.05, 4.69) is 6.92 Å². The average Bonchev–Trinajstić information content (AvgIpc) is 1.83. The van der Waals surface area contributed by atoms with Crippen molar-refractivity contribution in [1.82, 2.24) is 0 Å². The van der Waals surface area contributed by atoms with Crippen molar-refractivity contribution in [2.45, 2.75) is 37.9 Å². The fourth-order valence-corrected chi connectivity index (χ4v) is 0.734. The summed E-state index contributed by atoms with van der Waals surface area (Å²) in [4.78, 5) is 8.90. The molecule has 0 bridgehead atoms. The van der Waals surface area contributed by atoms with E-state index in [1.807, 2.05) is 0 Å². The summed E-state index contributed by atoms with van der Waals surface area (Å²) in [7, 11) is 0. The van der Waals surface area contributed by atoms with Gasteiger partial charge in [0.2, 0.25) is 0 Å². The number of hydrogen-bond acceptors (Lipinski definition) is 2. The highest BCUT2D eigenvalue weighted by Crippen LogP contribution is 2.27. The van der Waals surface area contributed by atoms with E-state index in [9.17, 15) is 13.2 Å². The van der Waals surface area contributed by atoms with Crippen molar-refractivity contribution >= 4 is 5.97 Å². The predicted octanol–water partition coefficient (Wildman–Crippen LogP) is 1.52. The number of halogens is 3. The molecule has 0 heterocycles. The lowest BCUT2D eigenvalue weighted by atomic mass is 9.80. The number of rotatable bonds is 0. The number of alkyl halides is 3. The molecule has 0 atom stereocenters. The van der Waals surface area contributed by atoms with Crippen LogP contribution in [0.5, 0.6) is 0 Å². The Labute approximate surface area is 73.7 Å². The first-order valence-electron chi connectivity index (χ1n) is 3.74. The van der Waals surface area contributed by atoms with Gasteiger partial charge in [0.05, 0.1) is 0 Å². The van der Waals surface area contributed by atoms with Crippen LogP contribution in [0.25, 0.3) is 0 Å².